The maximum absolute atomic E-state index is 11.9. The van der Waals surface area contributed by atoms with E-state index in [2.05, 4.69) is 5.32 Å². The van der Waals surface area contributed by atoms with Gasteiger partial charge in [-0.2, -0.15) is 13.2 Å². The highest BCUT2D eigenvalue weighted by Crippen LogP contribution is 2.28. The quantitative estimate of drug-likeness (QED) is 0.883. The lowest BCUT2D eigenvalue weighted by atomic mass is 10.3. The van der Waals surface area contributed by atoms with Crippen LogP contribution < -0.4 is 10.1 Å². The molecule has 0 atom stereocenters. The fraction of sp³-hybridized carbons (Fsp3) is 0.400. The third-order valence-electron chi connectivity index (χ3n) is 1.72. The van der Waals surface area contributed by atoms with E-state index in [0.29, 0.717) is 18.0 Å². The van der Waals surface area contributed by atoms with Crippen molar-refractivity contribution in [3.05, 3.63) is 23.2 Å². The number of alkyl halides is 3. The molecule has 1 aromatic carbocycles. The normalized spacial score (nSPS) is 11.3. The highest BCUT2D eigenvalue weighted by atomic mass is 35.5. The van der Waals surface area contributed by atoms with Crippen LogP contribution in [0, 0.1) is 0 Å². The fourth-order valence-corrected chi connectivity index (χ4v) is 1.32. The van der Waals surface area contributed by atoms with E-state index in [0.717, 1.165) is 0 Å². The summed E-state index contributed by atoms with van der Waals surface area (Å²) in [5.41, 5.74) is 0.311. The molecule has 6 heteroatoms. The number of hydrogen-bond acceptors (Lipinski definition) is 2. The Bertz CT molecular complexity index is 354. The molecule has 0 bridgehead atoms. The van der Waals surface area contributed by atoms with Gasteiger partial charge in [0.1, 0.15) is 12.3 Å². The van der Waals surface area contributed by atoms with Gasteiger partial charge in [-0.05, 0) is 25.1 Å². The van der Waals surface area contributed by atoms with E-state index < -0.39 is 12.7 Å². The first-order chi connectivity index (χ1) is 7.42. The predicted molar refractivity (Wildman–Crippen MR) is 57.2 cm³/mol. The summed E-state index contributed by atoms with van der Waals surface area (Å²) in [5, 5.41) is 2.52. The molecule has 0 spiro atoms. The van der Waals surface area contributed by atoms with Gasteiger partial charge in [-0.15, -0.1) is 0 Å². The minimum atomic E-state index is -4.24. The number of halogens is 4. The zero-order valence-electron chi connectivity index (χ0n) is 8.57. The lowest BCUT2D eigenvalue weighted by Crippen LogP contribution is -2.21. The van der Waals surface area contributed by atoms with Crippen molar-refractivity contribution < 1.29 is 17.9 Å². The summed E-state index contributed by atoms with van der Waals surface area (Å²) in [6.07, 6.45) is -4.24. The van der Waals surface area contributed by atoms with Gasteiger partial charge < -0.3 is 10.1 Å². The number of ether oxygens (including phenoxy) is 1. The van der Waals surface area contributed by atoms with Crippen LogP contribution in [0.15, 0.2) is 18.2 Å². The van der Waals surface area contributed by atoms with Crippen molar-refractivity contribution >= 4 is 17.3 Å². The number of rotatable bonds is 4. The molecule has 0 aliphatic rings. The lowest BCUT2D eigenvalue weighted by Gasteiger charge is -2.11. The zero-order chi connectivity index (χ0) is 12.2. The number of nitrogens with one attached hydrogen (secondary N) is 1. The van der Waals surface area contributed by atoms with Crippen molar-refractivity contribution in [1.29, 1.82) is 0 Å². The predicted octanol–water partition coefficient (Wildman–Crippen LogP) is 3.71. The van der Waals surface area contributed by atoms with Gasteiger partial charge in [0, 0.05) is 5.69 Å². The molecule has 0 amide bonds. The third-order valence-corrected chi connectivity index (χ3v) is 2.02. The Morgan fingerprint density at radius 1 is 1.38 bits per heavy atom. The molecule has 0 aliphatic carbocycles. The second-order valence-corrected chi connectivity index (χ2v) is 3.45. The average molecular weight is 254 g/mol. The summed E-state index contributed by atoms with van der Waals surface area (Å²) in [5.74, 6) is 0.460. The highest BCUT2D eigenvalue weighted by molar-refractivity contribution is 6.32. The van der Waals surface area contributed by atoms with Crippen LogP contribution in [0.4, 0.5) is 18.9 Å². The molecule has 0 aliphatic heterocycles. The van der Waals surface area contributed by atoms with E-state index in [4.69, 9.17) is 16.3 Å². The number of hydrogen-bond donors (Lipinski definition) is 1. The molecule has 0 saturated heterocycles. The van der Waals surface area contributed by atoms with Crippen molar-refractivity contribution in [2.75, 3.05) is 18.5 Å². The largest absolute Gasteiger partial charge is 0.492 e. The first-order valence-electron chi connectivity index (χ1n) is 4.65. The second kappa shape index (κ2) is 5.30. The van der Waals surface area contributed by atoms with E-state index in [1.807, 2.05) is 0 Å². The van der Waals surface area contributed by atoms with Crippen LogP contribution in [0.25, 0.3) is 0 Å². The topological polar surface area (TPSA) is 21.3 Å². The standard InChI is InChI=1S/C10H11ClF3NO/c1-2-16-9-4-3-7(5-8(9)11)15-6-10(12,13)14/h3-5,15H,2,6H2,1H3. The van der Waals surface area contributed by atoms with E-state index in [1.165, 1.54) is 18.2 Å². The molecule has 0 saturated carbocycles. The monoisotopic (exact) mass is 253 g/mol. The van der Waals surface area contributed by atoms with Crippen LogP contribution in [0.3, 0.4) is 0 Å². The molecule has 1 rings (SSSR count). The van der Waals surface area contributed by atoms with Gasteiger partial charge in [0.15, 0.2) is 0 Å². The number of anilines is 1. The van der Waals surface area contributed by atoms with E-state index >= 15 is 0 Å². The minimum absolute atomic E-state index is 0.286. The Hall–Kier alpha value is -1.10. The van der Waals surface area contributed by atoms with Crippen molar-refractivity contribution in [2.45, 2.75) is 13.1 Å². The SMILES string of the molecule is CCOc1ccc(NCC(F)(F)F)cc1Cl. The zero-order valence-corrected chi connectivity index (χ0v) is 9.32. The molecule has 0 aromatic heterocycles. The van der Waals surface area contributed by atoms with Gasteiger partial charge in [0.2, 0.25) is 0 Å². The summed E-state index contributed by atoms with van der Waals surface area (Å²) in [4.78, 5) is 0. The van der Waals surface area contributed by atoms with Crippen LogP contribution in [0.2, 0.25) is 5.02 Å². The van der Waals surface area contributed by atoms with Gasteiger partial charge in [-0.1, -0.05) is 11.6 Å². The van der Waals surface area contributed by atoms with Gasteiger partial charge in [-0.3, -0.25) is 0 Å². The van der Waals surface area contributed by atoms with E-state index in [1.54, 1.807) is 6.92 Å². The first kappa shape index (κ1) is 13.0. The minimum Gasteiger partial charge on any atom is -0.492 e. The molecule has 0 heterocycles. The average Bonchev–Trinajstić information content (AvgIpc) is 2.18. The third kappa shape index (κ3) is 4.18. The van der Waals surface area contributed by atoms with Crippen molar-refractivity contribution in [3.63, 3.8) is 0 Å². The Balaban J connectivity index is 2.66. The van der Waals surface area contributed by atoms with E-state index in [-0.39, 0.29) is 5.02 Å². The van der Waals surface area contributed by atoms with Crippen molar-refractivity contribution in [1.82, 2.24) is 0 Å². The van der Waals surface area contributed by atoms with Crippen LogP contribution in [0.5, 0.6) is 5.75 Å². The number of benzene rings is 1. The Morgan fingerprint density at radius 3 is 2.56 bits per heavy atom. The Kier molecular flexibility index (Phi) is 4.29. The van der Waals surface area contributed by atoms with Gasteiger partial charge in [0.25, 0.3) is 0 Å². The highest BCUT2D eigenvalue weighted by Gasteiger charge is 2.26. The van der Waals surface area contributed by atoms with Gasteiger partial charge in [0.05, 0.1) is 11.6 Å². The van der Waals surface area contributed by atoms with Gasteiger partial charge in [-0.25, -0.2) is 0 Å². The molecule has 0 fully saturated rings. The second-order valence-electron chi connectivity index (χ2n) is 3.05. The Labute approximate surface area is 96.4 Å². The fourth-order valence-electron chi connectivity index (χ4n) is 1.09. The van der Waals surface area contributed by atoms with Crippen LogP contribution >= 0.6 is 11.6 Å². The Morgan fingerprint density at radius 2 is 2.06 bits per heavy atom. The first-order valence-corrected chi connectivity index (χ1v) is 5.03. The molecule has 0 radical (unpaired) electrons. The summed E-state index contributed by atoms with van der Waals surface area (Å²) in [6.45, 7) is 1.17. The molecule has 90 valence electrons. The molecule has 0 unspecified atom stereocenters. The van der Waals surface area contributed by atoms with Gasteiger partial charge >= 0.3 is 6.18 Å². The van der Waals surface area contributed by atoms with Crippen molar-refractivity contribution in [2.24, 2.45) is 0 Å². The summed E-state index contributed by atoms with van der Waals surface area (Å²) in [7, 11) is 0. The molecule has 1 aromatic rings. The maximum Gasteiger partial charge on any atom is 0.405 e. The van der Waals surface area contributed by atoms with Crippen LogP contribution in [0.1, 0.15) is 6.92 Å². The summed E-state index contributed by atoms with van der Waals surface area (Å²) >= 11 is 5.81. The lowest BCUT2D eigenvalue weighted by molar-refractivity contribution is -0.115. The van der Waals surface area contributed by atoms with Crippen molar-refractivity contribution in [3.8, 4) is 5.75 Å². The molecule has 16 heavy (non-hydrogen) atoms. The maximum atomic E-state index is 11.9. The smallest absolute Gasteiger partial charge is 0.405 e. The van der Waals surface area contributed by atoms with Crippen LogP contribution in [-0.2, 0) is 0 Å². The van der Waals surface area contributed by atoms with Crippen LogP contribution in [-0.4, -0.2) is 19.3 Å². The summed E-state index contributed by atoms with van der Waals surface area (Å²) < 4.78 is 40.9. The molecular weight excluding hydrogens is 243 g/mol. The summed E-state index contributed by atoms with van der Waals surface area (Å²) in [6, 6.07) is 4.42. The molecule has 2 nitrogen and oxygen atoms in total. The molecular formula is C10H11ClF3NO. The van der Waals surface area contributed by atoms with E-state index in [9.17, 15) is 13.2 Å². The molecule has 1 N–H and O–H groups in total.